The summed E-state index contributed by atoms with van der Waals surface area (Å²) in [5, 5.41) is 2.74. The SMILES string of the molecule is CNCC(=O)c1cc2c(cc1F)CCC2. The highest BCUT2D eigenvalue weighted by Gasteiger charge is 2.17. The summed E-state index contributed by atoms with van der Waals surface area (Å²) in [5.41, 5.74) is 2.43. The zero-order valence-electron chi connectivity index (χ0n) is 8.77. The number of aryl methyl sites for hydroxylation is 2. The summed E-state index contributed by atoms with van der Waals surface area (Å²) in [7, 11) is 1.68. The number of nitrogens with one attached hydrogen (secondary N) is 1. The molecular weight excluding hydrogens is 193 g/mol. The minimum absolute atomic E-state index is 0.176. The molecule has 0 atom stereocenters. The molecule has 2 nitrogen and oxygen atoms in total. The molecule has 1 N–H and O–H groups in total. The lowest BCUT2D eigenvalue weighted by molar-refractivity contribution is 0.0989. The van der Waals surface area contributed by atoms with Crippen LogP contribution in [0.15, 0.2) is 12.1 Å². The lowest BCUT2D eigenvalue weighted by Gasteiger charge is -2.05. The zero-order chi connectivity index (χ0) is 10.8. The van der Waals surface area contributed by atoms with Crippen molar-refractivity contribution < 1.29 is 9.18 Å². The van der Waals surface area contributed by atoms with Crippen LogP contribution in [0.4, 0.5) is 4.39 Å². The Hall–Kier alpha value is -1.22. The number of carbonyl (C=O) groups excluding carboxylic acids is 1. The van der Waals surface area contributed by atoms with E-state index in [-0.39, 0.29) is 23.7 Å². The Morgan fingerprint density at radius 2 is 2.07 bits per heavy atom. The van der Waals surface area contributed by atoms with E-state index in [0.29, 0.717) is 0 Å². The van der Waals surface area contributed by atoms with Gasteiger partial charge in [-0.25, -0.2) is 4.39 Å². The second-order valence-electron chi connectivity index (χ2n) is 3.91. The van der Waals surface area contributed by atoms with Crippen molar-refractivity contribution in [2.45, 2.75) is 19.3 Å². The number of ketones is 1. The third kappa shape index (κ3) is 1.92. The maximum absolute atomic E-state index is 13.6. The van der Waals surface area contributed by atoms with Crippen molar-refractivity contribution in [3.8, 4) is 0 Å². The maximum atomic E-state index is 13.6. The van der Waals surface area contributed by atoms with Gasteiger partial charge in [0.15, 0.2) is 5.78 Å². The summed E-state index contributed by atoms with van der Waals surface area (Å²) in [6.07, 6.45) is 2.97. The Morgan fingerprint density at radius 3 is 2.73 bits per heavy atom. The van der Waals surface area contributed by atoms with Crippen molar-refractivity contribution in [2.75, 3.05) is 13.6 Å². The van der Waals surface area contributed by atoms with Crippen molar-refractivity contribution in [3.05, 3.63) is 34.6 Å². The van der Waals surface area contributed by atoms with Gasteiger partial charge in [0, 0.05) is 0 Å². The van der Waals surface area contributed by atoms with E-state index in [2.05, 4.69) is 5.32 Å². The molecule has 0 saturated heterocycles. The highest BCUT2D eigenvalue weighted by molar-refractivity contribution is 5.98. The van der Waals surface area contributed by atoms with Crippen molar-refractivity contribution in [1.29, 1.82) is 0 Å². The van der Waals surface area contributed by atoms with Crippen molar-refractivity contribution >= 4 is 5.78 Å². The lowest BCUT2D eigenvalue weighted by Crippen LogP contribution is -2.19. The van der Waals surface area contributed by atoms with Gasteiger partial charge in [-0.2, -0.15) is 0 Å². The molecule has 1 aromatic carbocycles. The van der Waals surface area contributed by atoms with Crippen molar-refractivity contribution in [3.63, 3.8) is 0 Å². The number of benzene rings is 1. The molecule has 0 saturated carbocycles. The molecule has 1 aromatic rings. The number of rotatable bonds is 3. The summed E-state index contributed by atoms with van der Waals surface area (Å²) in [6, 6.07) is 3.24. The van der Waals surface area contributed by atoms with Gasteiger partial charge in [0.1, 0.15) is 5.82 Å². The minimum Gasteiger partial charge on any atom is -0.313 e. The summed E-state index contributed by atoms with van der Waals surface area (Å²) in [4.78, 5) is 11.6. The van der Waals surface area contributed by atoms with Crippen LogP contribution in [0.5, 0.6) is 0 Å². The van der Waals surface area contributed by atoms with E-state index >= 15 is 0 Å². The summed E-state index contributed by atoms with van der Waals surface area (Å²) >= 11 is 0. The van der Waals surface area contributed by atoms with Gasteiger partial charge in [-0.3, -0.25) is 4.79 Å². The molecule has 0 fully saturated rings. The predicted molar refractivity (Wildman–Crippen MR) is 56.7 cm³/mol. The first-order chi connectivity index (χ1) is 7.22. The summed E-state index contributed by atoms with van der Waals surface area (Å²) < 4.78 is 13.6. The minimum atomic E-state index is -0.379. The van der Waals surface area contributed by atoms with Crippen LogP contribution in [-0.2, 0) is 12.8 Å². The molecule has 0 amide bonds. The second kappa shape index (κ2) is 4.11. The average Bonchev–Trinajstić information content (AvgIpc) is 2.63. The molecule has 0 spiro atoms. The van der Waals surface area contributed by atoms with Crippen LogP contribution in [0.25, 0.3) is 0 Å². The Morgan fingerprint density at radius 1 is 1.40 bits per heavy atom. The standard InChI is InChI=1S/C12H14FNO/c1-14-7-12(15)10-5-8-3-2-4-9(8)6-11(10)13/h5-6,14H,2-4,7H2,1H3. The topological polar surface area (TPSA) is 29.1 Å². The molecule has 0 aliphatic heterocycles. The number of Topliss-reactive ketones (excluding diaryl/α,β-unsaturated/α-hetero) is 1. The van der Waals surface area contributed by atoms with E-state index in [1.807, 2.05) is 0 Å². The van der Waals surface area contributed by atoms with Gasteiger partial charge >= 0.3 is 0 Å². The highest BCUT2D eigenvalue weighted by atomic mass is 19.1. The van der Waals surface area contributed by atoms with Gasteiger partial charge in [0.25, 0.3) is 0 Å². The Bertz CT molecular complexity index is 401. The van der Waals surface area contributed by atoms with Gasteiger partial charge in [-0.05, 0) is 49.6 Å². The third-order valence-corrected chi connectivity index (χ3v) is 2.82. The molecule has 0 heterocycles. The smallest absolute Gasteiger partial charge is 0.179 e. The highest BCUT2D eigenvalue weighted by Crippen LogP contribution is 2.25. The van der Waals surface area contributed by atoms with Crippen LogP contribution in [0.2, 0.25) is 0 Å². The number of hydrogen-bond acceptors (Lipinski definition) is 2. The van der Waals surface area contributed by atoms with Crippen LogP contribution in [-0.4, -0.2) is 19.4 Å². The molecule has 80 valence electrons. The summed E-state index contributed by atoms with van der Waals surface area (Å²) in [5.74, 6) is -0.555. The maximum Gasteiger partial charge on any atom is 0.179 e. The van der Waals surface area contributed by atoms with Crippen LogP contribution < -0.4 is 5.32 Å². The second-order valence-corrected chi connectivity index (χ2v) is 3.91. The molecule has 0 radical (unpaired) electrons. The fourth-order valence-corrected chi connectivity index (χ4v) is 2.06. The van der Waals surface area contributed by atoms with E-state index in [0.717, 1.165) is 30.4 Å². The molecule has 0 aromatic heterocycles. The Kier molecular flexibility index (Phi) is 2.82. The first-order valence-corrected chi connectivity index (χ1v) is 5.21. The van der Waals surface area contributed by atoms with Crippen LogP contribution in [0, 0.1) is 5.82 Å². The van der Waals surface area contributed by atoms with Gasteiger partial charge in [-0.15, -0.1) is 0 Å². The molecule has 1 aliphatic carbocycles. The summed E-state index contributed by atoms with van der Waals surface area (Å²) in [6.45, 7) is 0.190. The number of fused-ring (bicyclic) bond motifs is 1. The normalized spacial score (nSPS) is 14.0. The Balaban J connectivity index is 2.36. The molecular formula is C12H14FNO. The lowest BCUT2D eigenvalue weighted by atomic mass is 10.0. The number of carbonyl (C=O) groups is 1. The van der Waals surface area contributed by atoms with E-state index in [1.54, 1.807) is 13.1 Å². The van der Waals surface area contributed by atoms with E-state index < -0.39 is 0 Å². The van der Waals surface area contributed by atoms with Crippen molar-refractivity contribution in [2.24, 2.45) is 0 Å². The predicted octanol–water partition coefficient (Wildman–Crippen LogP) is 1.72. The monoisotopic (exact) mass is 207 g/mol. The van der Waals surface area contributed by atoms with Gasteiger partial charge < -0.3 is 5.32 Å². The Labute approximate surface area is 88.5 Å². The van der Waals surface area contributed by atoms with Crippen LogP contribution in [0.3, 0.4) is 0 Å². The number of hydrogen-bond donors (Lipinski definition) is 1. The van der Waals surface area contributed by atoms with E-state index in [9.17, 15) is 9.18 Å². The van der Waals surface area contributed by atoms with Crippen LogP contribution >= 0.6 is 0 Å². The fraction of sp³-hybridized carbons (Fsp3) is 0.417. The molecule has 2 rings (SSSR count). The zero-order valence-corrected chi connectivity index (χ0v) is 8.77. The first-order valence-electron chi connectivity index (χ1n) is 5.21. The van der Waals surface area contributed by atoms with E-state index in [4.69, 9.17) is 0 Å². The number of likely N-dealkylation sites (N-methyl/N-ethyl adjacent to an activating group) is 1. The molecule has 3 heteroatoms. The van der Waals surface area contributed by atoms with Crippen molar-refractivity contribution in [1.82, 2.24) is 5.32 Å². The third-order valence-electron chi connectivity index (χ3n) is 2.82. The van der Waals surface area contributed by atoms with Gasteiger partial charge in [0.05, 0.1) is 12.1 Å². The molecule has 0 bridgehead atoms. The molecule has 0 unspecified atom stereocenters. The fourth-order valence-electron chi connectivity index (χ4n) is 2.06. The average molecular weight is 207 g/mol. The van der Waals surface area contributed by atoms with Gasteiger partial charge in [-0.1, -0.05) is 0 Å². The number of halogens is 1. The largest absolute Gasteiger partial charge is 0.313 e. The van der Waals surface area contributed by atoms with Gasteiger partial charge in [0.2, 0.25) is 0 Å². The molecule has 1 aliphatic rings. The molecule has 15 heavy (non-hydrogen) atoms. The first kappa shape index (κ1) is 10.3. The van der Waals surface area contributed by atoms with Crippen LogP contribution in [0.1, 0.15) is 27.9 Å². The van der Waals surface area contributed by atoms with E-state index in [1.165, 1.54) is 6.07 Å². The quantitative estimate of drug-likeness (QED) is 0.764.